The molecule has 0 radical (unpaired) electrons. The Balaban J connectivity index is 1.39. The first-order chi connectivity index (χ1) is 20.8. The normalized spacial score (nSPS) is 15.6. The number of pyridine rings is 1. The molecule has 0 amide bonds. The molecule has 1 saturated heterocycles. The third-order valence-electron chi connectivity index (χ3n) is 7.19. The first-order valence-corrected chi connectivity index (χ1v) is 14.0. The lowest BCUT2D eigenvalue weighted by molar-refractivity contribution is 0.0220. The first kappa shape index (κ1) is 28.6. The van der Waals surface area contributed by atoms with Gasteiger partial charge in [0.2, 0.25) is 17.8 Å². The number of morpholine rings is 1. The fraction of sp³-hybridized carbons (Fsp3) is 0.323. The molecule has 2 N–H and O–H groups in total. The van der Waals surface area contributed by atoms with Crippen LogP contribution in [-0.2, 0) is 11.2 Å². The van der Waals surface area contributed by atoms with Crippen LogP contribution < -0.4 is 15.4 Å². The van der Waals surface area contributed by atoms with Crippen LogP contribution in [-0.4, -0.2) is 61.8 Å². The van der Waals surface area contributed by atoms with E-state index in [0.29, 0.717) is 48.9 Å². The number of para-hydroxylation sites is 2. The van der Waals surface area contributed by atoms with Crippen molar-refractivity contribution in [3.63, 3.8) is 0 Å². The zero-order chi connectivity index (χ0) is 30.0. The summed E-state index contributed by atoms with van der Waals surface area (Å²) in [4.78, 5) is 22.4. The SMILES string of the molecule is COc1cc(-c2ccccc2CC(C)(C)Nc2nc(C3CNCCO3)nc(-n3c(C(F)F)nc4ccccc43)n2)ccn1. The number of halogens is 2. The molecule has 0 aliphatic carbocycles. The molecule has 3 aromatic heterocycles. The molecular weight excluding hydrogens is 554 g/mol. The predicted molar refractivity (Wildman–Crippen MR) is 159 cm³/mol. The number of hydrogen-bond donors (Lipinski definition) is 2. The number of hydrogen-bond acceptors (Lipinski definition) is 9. The molecule has 10 nitrogen and oxygen atoms in total. The maximum atomic E-state index is 14.2. The van der Waals surface area contributed by atoms with Gasteiger partial charge in [-0.25, -0.2) is 18.7 Å². The number of nitrogens with one attached hydrogen (secondary N) is 2. The fourth-order valence-electron chi connectivity index (χ4n) is 5.28. The Kier molecular flexibility index (Phi) is 7.96. The second kappa shape index (κ2) is 12.0. The monoisotopic (exact) mass is 586 g/mol. The highest BCUT2D eigenvalue weighted by molar-refractivity contribution is 5.77. The molecular formula is C31H32F2N8O2. The Hall–Kier alpha value is -4.55. The molecule has 6 rings (SSSR count). The van der Waals surface area contributed by atoms with Crippen LogP contribution in [0.2, 0.25) is 0 Å². The van der Waals surface area contributed by atoms with E-state index in [9.17, 15) is 8.78 Å². The average Bonchev–Trinajstić information content (AvgIpc) is 3.41. The number of rotatable bonds is 9. The summed E-state index contributed by atoms with van der Waals surface area (Å²) in [6.07, 6.45) is -0.984. The Morgan fingerprint density at radius 1 is 1.07 bits per heavy atom. The van der Waals surface area contributed by atoms with Crippen molar-refractivity contribution in [3.05, 3.63) is 84.1 Å². The predicted octanol–water partition coefficient (Wildman–Crippen LogP) is 5.31. The Labute approximate surface area is 247 Å². The van der Waals surface area contributed by atoms with Crippen molar-refractivity contribution in [1.29, 1.82) is 0 Å². The lowest BCUT2D eigenvalue weighted by atomic mass is 9.90. The summed E-state index contributed by atoms with van der Waals surface area (Å²) < 4.78 is 41.0. The van der Waals surface area contributed by atoms with E-state index in [0.717, 1.165) is 16.7 Å². The molecule has 1 aliphatic heterocycles. The standard InChI is InChI=1S/C31H32F2N8O2/c1-31(2,17-20-8-4-5-9-21(20)19-12-13-35-25(16-19)42-3)40-29-37-27(24-18-34-14-15-43-24)38-30(39-29)41-23-11-7-6-10-22(23)36-28(41)26(32)33/h4-13,16,24,26,34H,14-15,17-18H2,1-3H3,(H,37,38,39,40). The summed E-state index contributed by atoms with van der Waals surface area (Å²) in [7, 11) is 1.59. The number of nitrogens with zero attached hydrogens (tertiary/aromatic N) is 6. The number of ether oxygens (including phenoxy) is 2. The maximum absolute atomic E-state index is 14.2. The second-order valence-corrected chi connectivity index (χ2v) is 10.9. The summed E-state index contributed by atoms with van der Waals surface area (Å²) >= 11 is 0. The number of methoxy groups -OCH3 is 1. The molecule has 4 heterocycles. The number of aromatic nitrogens is 6. The van der Waals surface area contributed by atoms with Crippen molar-refractivity contribution >= 4 is 17.0 Å². The minimum atomic E-state index is -2.84. The molecule has 0 spiro atoms. The van der Waals surface area contributed by atoms with E-state index in [1.807, 2.05) is 38.1 Å². The zero-order valence-electron chi connectivity index (χ0n) is 24.1. The molecule has 1 aliphatic rings. The van der Waals surface area contributed by atoms with Crippen LogP contribution in [0.15, 0.2) is 66.9 Å². The third kappa shape index (κ3) is 6.15. The van der Waals surface area contributed by atoms with E-state index in [4.69, 9.17) is 14.5 Å². The van der Waals surface area contributed by atoms with Crippen LogP contribution in [0.5, 0.6) is 5.88 Å². The van der Waals surface area contributed by atoms with Crippen LogP contribution >= 0.6 is 0 Å². The minimum absolute atomic E-state index is 0.0470. The number of benzene rings is 2. The first-order valence-electron chi connectivity index (χ1n) is 14.0. The van der Waals surface area contributed by atoms with Crippen molar-refractivity contribution in [3.8, 4) is 23.0 Å². The van der Waals surface area contributed by atoms with Crippen molar-refractivity contribution in [2.45, 2.75) is 38.3 Å². The molecule has 1 unspecified atom stereocenters. The summed E-state index contributed by atoms with van der Waals surface area (Å²) in [6, 6.07) is 18.9. The van der Waals surface area contributed by atoms with Crippen LogP contribution in [0.3, 0.4) is 0 Å². The van der Waals surface area contributed by atoms with E-state index >= 15 is 0 Å². The van der Waals surface area contributed by atoms with Gasteiger partial charge in [-0.05, 0) is 55.2 Å². The van der Waals surface area contributed by atoms with Gasteiger partial charge in [0.15, 0.2) is 11.6 Å². The van der Waals surface area contributed by atoms with Gasteiger partial charge in [0.25, 0.3) is 6.43 Å². The molecule has 0 saturated carbocycles. The molecule has 1 fully saturated rings. The minimum Gasteiger partial charge on any atom is -0.481 e. The Bertz CT molecular complexity index is 1740. The van der Waals surface area contributed by atoms with E-state index < -0.39 is 23.9 Å². The van der Waals surface area contributed by atoms with Crippen molar-refractivity contribution in [2.75, 3.05) is 32.1 Å². The second-order valence-electron chi connectivity index (χ2n) is 10.9. The van der Waals surface area contributed by atoms with E-state index in [-0.39, 0.29) is 11.9 Å². The fourth-order valence-corrected chi connectivity index (χ4v) is 5.28. The topological polar surface area (TPSA) is 112 Å². The van der Waals surface area contributed by atoms with Crippen molar-refractivity contribution < 1.29 is 18.3 Å². The molecule has 0 bridgehead atoms. The largest absolute Gasteiger partial charge is 0.481 e. The maximum Gasteiger partial charge on any atom is 0.296 e. The van der Waals surface area contributed by atoms with Gasteiger partial charge in [-0.15, -0.1) is 0 Å². The van der Waals surface area contributed by atoms with Gasteiger partial charge in [0, 0.05) is 30.9 Å². The summed E-state index contributed by atoms with van der Waals surface area (Å²) in [5.74, 6) is 0.737. The van der Waals surface area contributed by atoms with E-state index in [2.05, 4.69) is 42.7 Å². The number of alkyl halides is 2. The van der Waals surface area contributed by atoms with Gasteiger partial charge < -0.3 is 20.1 Å². The lowest BCUT2D eigenvalue weighted by Crippen LogP contribution is -2.36. The Morgan fingerprint density at radius 3 is 2.67 bits per heavy atom. The average molecular weight is 587 g/mol. The van der Waals surface area contributed by atoms with Gasteiger partial charge in [-0.3, -0.25) is 4.57 Å². The molecule has 5 aromatic rings. The van der Waals surface area contributed by atoms with Gasteiger partial charge in [0.1, 0.15) is 6.10 Å². The summed E-state index contributed by atoms with van der Waals surface area (Å²) in [5.41, 5.74) is 3.46. The highest BCUT2D eigenvalue weighted by Gasteiger charge is 2.28. The highest BCUT2D eigenvalue weighted by atomic mass is 19.3. The number of fused-ring (bicyclic) bond motifs is 1. The number of imidazole rings is 1. The number of anilines is 1. The van der Waals surface area contributed by atoms with Gasteiger partial charge >= 0.3 is 0 Å². The van der Waals surface area contributed by atoms with E-state index in [1.54, 1.807) is 37.6 Å². The van der Waals surface area contributed by atoms with Crippen LogP contribution in [0.1, 0.15) is 43.6 Å². The molecule has 43 heavy (non-hydrogen) atoms. The van der Waals surface area contributed by atoms with Gasteiger partial charge in [0.05, 0.1) is 24.8 Å². The van der Waals surface area contributed by atoms with E-state index in [1.165, 1.54) is 4.57 Å². The summed E-state index contributed by atoms with van der Waals surface area (Å²) in [5, 5.41) is 6.73. The van der Waals surface area contributed by atoms with Gasteiger partial charge in [-0.2, -0.15) is 15.0 Å². The smallest absolute Gasteiger partial charge is 0.296 e. The van der Waals surface area contributed by atoms with Gasteiger partial charge in [-0.1, -0.05) is 36.4 Å². The van der Waals surface area contributed by atoms with Crippen LogP contribution in [0, 0.1) is 0 Å². The van der Waals surface area contributed by atoms with Crippen LogP contribution in [0.4, 0.5) is 14.7 Å². The molecule has 2 aromatic carbocycles. The lowest BCUT2D eigenvalue weighted by Gasteiger charge is -2.29. The van der Waals surface area contributed by atoms with Crippen molar-refractivity contribution in [1.82, 2.24) is 34.8 Å². The highest BCUT2D eigenvalue weighted by Crippen LogP contribution is 2.31. The Morgan fingerprint density at radius 2 is 1.88 bits per heavy atom. The quantitative estimate of drug-likeness (QED) is 0.237. The summed E-state index contributed by atoms with van der Waals surface area (Å²) in [6.45, 7) is 5.75. The zero-order valence-corrected chi connectivity index (χ0v) is 24.1. The molecule has 1 atom stereocenters. The molecule has 222 valence electrons. The third-order valence-corrected chi connectivity index (χ3v) is 7.19. The van der Waals surface area contributed by atoms with Crippen molar-refractivity contribution in [2.24, 2.45) is 0 Å². The molecule has 12 heteroatoms. The van der Waals surface area contributed by atoms with Crippen LogP contribution in [0.25, 0.3) is 28.1 Å².